The Balaban J connectivity index is 1.08. The zero-order chi connectivity index (χ0) is 34.6. The molecule has 0 saturated carbocycles. The third kappa shape index (κ3) is 10.5. The minimum absolute atomic E-state index is 0.362. The summed E-state index contributed by atoms with van der Waals surface area (Å²) in [6.45, 7) is 4.37. The van der Waals surface area contributed by atoms with Crippen LogP contribution in [0.25, 0.3) is 23.3 Å². The fourth-order valence-electron chi connectivity index (χ4n) is 5.82. The van der Waals surface area contributed by atoms with Crippen molar-refractivity contribution in [3.8, 4) is 11.1 Å². The molecule has 0 radical (unpaired) electrons. The maximum absolute atomic E-state index is 11.4. The summed E-state index contributed by atoms with van der Waals surface area (Å²) < 4.78 is 10.7. The van der Waals surface area contributed by atoms with Crippen LogP contribution in [0.5, 0.6) is 0 Å². The van der Waals surface area contributed by atoms with E-state index in [0.717, 1.165) is 38.8 Å². The maximum Gasteiger partial charge on any atom is 0.333 e. The summed E-state index contributed by atoms with van der Waals surface area (Å²) in [7, 11) is 0. The molecule has 254 valence electrons. The minimum Gasteiger partial charge on any atom is -0.479 e. The summed E-state index contributed by atoms with van der Waals surface area (Å²) in [5, 5.41) is 18.6. The largest absolute Gasteiger partial charge is 0.479 e. The van der Waals surface area contributed by atoms with E-state index in [2.05, 4.69) is 60.7 Å². The molecule has 0 aromatic heterocycles. The van der Waals surface area contributed by atoms with Crippen LogP contribution in [0.3, 0.4) is 0 Å². The lowest BCUT2D eigenvalue weighted by molar-refractivity contribution is -0.150. The fourth-order valence-corrected chi connectivity index (χ4v) is 7.25. The van der Waals surface area contributed by atoms with E-state index in [-0.39, 0.29) is 0 Å². The van der Waals surface area contributed by atoms with Crippen LogP contribution < -0.4 is 0 Å². The van der Waals surface area contributed by atoms with Crippen molar-refractivity contribution in [2.24, 2.45) is 0 Å². The number of ether oxygens (including phenoxy) is 2. The second-order valence-electron chi connectivity index (χ2n) is 11.7. The van der Waals surface area contributed by atoms with E-state index in [9.17, 15) is 19.8 Å². The lowest BCUT2D eigenvalue weighted by Crippen LogP contribution is -2.26. The molecule has 0 bridgehead atoms. The van der Waals surface area contributed by atoms with Crippen molar-refractivity contribution in [1.82, 2.24) is 0 Å². The van der Waals surface area contributed by atoms with Crippen LogP contribution in [0.4, 0.5) is 0 Å². The molecule has 0 heterocycles. The van der Waals surface area contributed by atoms with Gasteiger partial charge in [-0.25, -0.2) is 9.59 Å². The first kappa shape index (κ1) is 36.2. The van der Waals surface area contributed by atoms with Crippen LogP contribution in [0.15, 0.2) is 107 Å². The molecule has 2 unspecified atom stereocenters. The summed E-state index contributed by atoms with van der Waals surface area (Å²) in [6, 6.07) is 29.5. The Hall–Kier alpha value is -4.08. The molecule has 0 amide bonds. The van der Waals surface area contributed by atoms with Crippen molar-refractivity contribution in [3.05, 3.63) is 130 Å². The number of carboxylic acid groups (broad SMARTS) is 2. The van der Waals surface area contributed by atoms with Crippen molar-refractivity contribution in [2.75, 3.05) is 24.7 Å². The molecule has 2 atom stereocenters. The van der Waals surface area contributed by atoms with E-state index in [1.807, 2.05) is 48.5 Å². The Morgan fingerprint density at radius 1 is 0.653 bits per heavy atom. The Labute approximate surface area is 297 Å². The molecule has 4 aromatic carbocycles. The van der Waals surface area contributed by atoms with Gasteiger partial charge < -0.3 is 19.7 Å². The summed E-state index contributed by atoms with van der Waals surface area (Å²) in [5.74, 6) is -0.179. The molecule has 1 aliphatic carbocycles. The smallest absolute Gasteiger partial charge is 0.333 e. The highest BCUT2D eigenvalue weighted by molar-refractivity contribution is 7.99. The Kier molecular flexibility index (Phi) is 13.3. The zero-order valence-electron chi connectivity index (χ0n) is 27.8. The van der Waals surface area contributed by atoms with Crippen LogP contribution >= 0.6 is 23.5 Å². The predicted molar refractivity (Wildman–Crippen MR) is 201 cm³/mol. The van der Waals surface area contributed by atoms with E-state index in [1.165, 1.54) is 33.4 Å². The molecule has 0 spiro atoms. The van der Waals surface area contributed by atoms with Crippen LogP contribution in [0.1, 0.15) is 47.2 Å². The normalized spacial score (nSPS) is 13.4. The van der Waals surface area contributed by atoms with Crippen LogP contribution in [-0.2, 0) is 38.3 Å². The van der Waals surface area contributed by atoms with Crippen molar-refractivity contribution < 1.29 is 29.3 Å². The molecule has 1 aliphatic rings. The van der Waals surface area contributed by atoms with Gasteiger partial charge >= 0.3 is 11.9 Å². The summed E-state index contributed by atoms with van der Waals surface area (Å²) in [5.41, 5.74) is 9.61. The summed E-state index contributed by atoms with van der Waals surface area (Å²) in [6.07, 6.45) is 8.75. The first-order valence-corrected chi connectivity index (χ1v) is 18.5. The maximum atomic E-state index is 11.4. The Morgan fingerprint density at radius 3 is 1.43 bits per heavy atom. The number of carboxylic acids is 2. The van der Waals surface area contributed by atoms with Gasteiger partial charge in [-0.3, -0.25) is 0 Å². The van der Waals surface area contributed by atoms with Gasteiger partial charge in [0.15, 0.2) is 12.2 Å². The number of hydrogen-bond donors (Lipinski definition) is 2. The van der Waals surface area contributed by atoms with E-state index >= 15 is 0 Å². The number of aliphatic carboxylic acids is 2. The second kappa shape index (κ2) is 18.1. The van der Waals surface area contributed by atoms with Crippen LogP contribution in [0.2, 0.25) is 0 Å². The first-order chi connectivity index (χ1) is 23.8. The predicted octanol–water partition coefficient (Wildman–Crippen LogP) is 8.93. The lowest BCUT2D eigenvalue weighted by Gasteiger charge is -2.12. The first-order valence-electron chi connectivity index (χ1n) is 16.5. The van der Waals surface area contributed by atoms with Crippen LogP contribution in [-0.4, -0.2) is 59.1 Å². The fraction of sp³-hybridized carbons (Fsp3) is 0.268. The number of hydrogen-bond acceptors (Lipinski definition) is 6. The number of benzene rings is 4. The highest BCUT2D eigenvalue weighted by Gasteiger charge is 2.20. The lowest BCUT2D eigenvalue weighted by atomic mass is 10.0. The SMILES string of the molecule is CCOC(Cc1ccc(SC/C=C\c2ccc3c(c2)Cc2cc(/C=C/CSc4ccc(CC(OCC)C(=O)O)cc4)ccc2-3)cc1)C(=O)O. The van der Waals surface area contributed by atoms with E-state index in [4.69, 9.17) is 9.47 Å². The van der Waals surface area contributed by atoms with Gasteiger partial charge in [0.2, 0.25) is 0 Å². The Bertz CT molecular complexity index is 1650. The molecule has 49 heavy (non-hydrogen) atoms. The van der Waals surface area contributed by atoms with Gasteiger partial charge in [0.25, 0.3) is 0 Å². The van der Waals surface area contributed by atoms with Gasteiger partial charge in [0, 0.05) is 47.4 Å². The van der Waals surface area contributed by atoms with E-state index in [0.29, 0.717) is 26.1 Å². The highest BCUT2D eigenvalue weighted by Crippen LogP contribution is 2.38. The van der Waals surface area contributed by atoms with Gasteiger partial charge in [0.1, 0.15) is 0 Å². The zero-order valence-corrected chi connectivity index (χ0v) is 29.5. The third-order valence-corrected chi connectivity index (χ3v) is 10.1. The monoisotopic (exact) mass is 694 g/mol. The third-order valence-electron chi connectivity index (χ3n) is 8.22. The molecule has 0 fully saturated rings. The number of thioether (sulfide) groups is 2. The van der Waals surface area contributed by atoms with Crippen molar-refractivity contribution >= 4 is 47.6 Å². The molecular formula is C41H42O6S2. The quantitative estimate of drug-likeness (QED) is 0.0879. The average molecular weight is 695 g/mol. The Morgan fingerprint density at radius 2 is 1.06 bits per heavy atom. The highest BCUT2D eigenvalue weighted by atomic mass is 32.2. The van der Waals surface area contributed by atoms with Crippen molar-refractivity contribution in [1.29, 1.82) is 0 Å². The summed E-state index contributed by atoms with van der Waals surface area (Å²) >= 11 is 3.49. The second-order valence-corrected chi connectivity index (χ2v) is 13.9. The van der Waals surface area contributed by atoms with Gasteiger partial charge in [-0.15, -0.1) is 23.5 Å². The number of fused-ring (bicyclic) bond motifs is 3. The van der Waals surface area contributed by atoms with E-state index < -0.39 is 24.1 Å². The molecular weight excluding hydrogens is 653 g/mol. The molecule has 6 nitrogen and oxygen atoms in total. The van der Waals surface area contributed by atoms with Crippen molar-refractivity contribution in [2.45, 2.75) is 55.1 Å². The molecule has 8 heteroatoms. The topological polar surface area (TPSA) is 93.1 Å². The number of rotatable bonds is 18. The molecule has 0 saturated heterocycles. The van der Waals surface area contributed by atoms with Crippen molar-refractivity contribution in [3.63, 3.8) is 0 Å². The minimum atomic E-state index is -0.931. The van der Waals surface area contributed by atoms with Gasteiger partial charge in [-0.05, 0) is 89.0 Å². The average Bonchev–Trinajstić information content (AvgIpc) is 3.46. The molecule has 0 aliphatic heterocycles. The molecule has 4 aromatic rings. The van der Waals surface area contributed by atoms with Gasteiger partial charge in [-0.1, -0.05) is 85.0 Å². The van der Waals surface area contributed by atoms with Gasteiger partial charge in [0.05, 0.1) is 0 Å². The van der Waals surface area contributed by atoms with E-state index in [1.54, 1.807) is 37.4 Å². The molecule has 5 rings (SSSR count). The number of carbonyl (C=O) groups is 2. The standard InChI is InChI=1S/C41H42O6S2/c1-3-46-38(40(42)43)25-30-9-15-34(16-10-30)48-21-5-7-28-13-19-36-32(23-28)27-33-24-29(14-20-37(33)36)8-6-22-49-35-17-11-31(12-18-35)26-39(41(44)45)47-4-2/h5-20,23-24,38-39H,3-4,21-22,25-27H2,1-2H3,(H,42,43)(H,44,45)/b7-5-,8-6+. The summed E-state index contributed by atoms with van der Waals surface area (Å²) in [4.78, 5) is 25.0. The van der Waals surface area contributed by atoms with Gasteiger partial charge in [-0.2, -0.15) is 0 Å². The molecule has 2 N–H and O–H groups in total. The van der Waals surface area contributed by atoms with Crippen LogP contribution in [0, 0.1) is 0 Å².